The van der Waals surface area contributed by atoms with Gasteiger partial charge in [0, 0.05) is 23.9 Å². The second-order valence-corrected chi connectivity index (χ2v) is 6.05. The number of hydrogen-bond acceptors (Lipinski definition) is 5. The molecule has 0 unspecified atom stereocenters. The number of nitrogens with zero attached hydrogens (tertiary/aromatic N) is 3. The zero-order valence-corrected chi connectivity index (χ0v) is 14.8. The Kier molecular flexibility index (Phi) is 5.25. The van der Waals surface area contributed by atoms with Crippen LogP contribution in [0.4, 0.5) is 15.8 Å². The van der Waals surface area contributed by atoms with E-state index in [0.717, 1.165) is 4.68 Å². The average Bonchev–Trinajstić information content (AvgIpc) is 2.65. The van der Waals surface area contributed by atoms with E-state index in [1.807, 2.05) is 0 Å². The lowest BCUT2D eigenvalue weighted by Crippen LogP contribution is -2.26. The van der Waals surface area contributed by atoms with Crippen molar-refractivity contribution in [1.29, 1.82) is 0 Å². The first-order chi connectivity index (χ1) is 13.3. The normalized spacial score (nSPS) is 10.5. The van der Waals surface area contributed by atoms with Crippen molar-refractivity contribution in [1.82, 2.24) is 9.78 Å². The maximum Gasteiger partial charge on any atom is 0.276 e. The van der Waals surface area contributed by atoms with E-state index in [0.29, 0.717) is 16.8 Å². The fraction of sp³-hybridized carbons (Fsp3) is 0.105. The van der Waals surface area contributed by atoms with Crippen molar-refractivity contribution in [3.05, 3.63) is 97.7 Å². The van der Waals surface area contributed by atoms with Crippen LogP contribution in [0.25, 0.3) is 0 Å². The molecule has 0 spiro atoms. The lowest BCUT2D eigenvalue weighted by Gasteiger charge is -2.10. The van der Waals surface area contributed by atoms with Crippen LogP contribution in [-0.2, 0) is 6.54 Å². The Morgan fingerprint density at radius 3 is 2.68 bits per heavy atom. The molecule has 0 saturated heterocycles. The average molecular weight is 382 g/mol. The van der Waals surface area contributed by atoms with Gasteiger partial charge < -0.3 is 5.32 Å². The largest absolute Gasteiger partial charge is 0.320 e. The zero-order chi connectivity index (χ0) is 20.3. The van der Waals surface area contributed by atoms with Gasteiger partial charge in [-0.2, -0.15) is 5.10 Å². The maximum atomic E-state index is 13.3. The summed E-state index contributed by atoms with van der Waals surface area (Å²) in [5, 5.41) is 17.4. The Bertz CT molecular complexity index is 1130. The Balaban J connectivity index is 1.83. The van der Waals surface area contributed by atoms with Crippen LogP contribution in [0.2, 0.25) is 0 Å². The van der Waals surface area contributed by atoms with Gasteiger partial charge in [-0.3, -0.25) is 19.7 Å². The number of aryl methyl sites for hydroxylation is 1. The van der Waals surface area contributed by atoms with Crippen molar-refractivity contribution in [3.63, 3.8) is 0 Å². The molecule has 9 heteroatoms. The number of anilines is 1. The number of carbonyl (C=O) groups is 1. The van der Waals surface area contributed by atoms with Gasteiger partial charge in [0.25, 0.3) is 17.2 Å². The summed E-state index contributed by atoms with van der Waals surface area (Å²) in [6, 6.07) is 12.2. The first-order valence-corrected chi connectivity index (χ1v) is 8.22. The predicted molar refractivity (Wildman–Crippen MR) is 99.8 cm³/mol. The highest BCUT2D eigenvalue weighted by Crippen LogP contribution is 2.21. The van der Waals surface area contributed by atoms with Crippen LogP contribution in [0.3, 0.4) is 0 Å². The topological polar surface area (TPSA) is 107 Å². The van der Waals surface area contributed by atoms with Gasteiger partial charge >= 0.3 is 0 Å². The maximum absolute atomic E-state index is 13.3. The number of nitrogens with one attached hydrogen (secondary N) is 1. The number of aromatic nitrogens is 2. The molecule has 0 saturated carbocycles. The van der Waals surface area contributed by atoms with Crippen LogP contribution in [-0.4, -0.2) is 20.6 Å². The molecule has 1 aromatic heterocycles. The number of non-ortho nitro benzene ring substituents is 1. The highest BCUT2D eigenvalue weighted by atomic mass is 19.1. The van der Waals surface area contributed by atoms with Gasteiger partial charge in [0.05, 0.1) is 11.5 Å². The number of nitro groups is 1. The van der Waals surface area contributed by atoms with Crippen LogP contribution in [0, 0.1) is 22.9 Å². The Labute approximate surface area is 158 Å². The van der Waals surface area contributed by atoms with E-state index in [-0.39, 0.29) is 17.9 Å². The number of carbonyl (C=O) groups excluding carboxylic acids is 1. The first kappa shape index (κ1) is 18.9. The first-order valence-electron chi connectivity index (χ1n) is 8.22. The molecule has 142 valence electrons. The molecule has 0 bridgehead atoms. The smallest absolute Gasteiger partial charge is 0.276 e. The SMILES string of the molecule is Cc1cc([N+](=O)[O-])ccc1NC(=O)c1ccc(=O)n(Cc2cccc(F)c2)n1. The molecule has 1 N–H and O–H groups in total. The predicted octanol–water partition coefficient (Wildman–Crippen LogP) is 2.90. The minimum absolute atomic E-state index is 0.00821. The highest BCUT2D eigenvalue weighted by molar-refractivity contribution is 6.03. The number of rotatable bonds is 5. The molecule has 3 aromatic rings. The summed E-state index contributed by atoms with van der Waals surface area (Å²) in [5.41, 5.74) is 0.882. The van der Waals surface area contributed by atoms with Gasteiger partial charge in [0.2, 0.25) is 0 Å². The van der Waals surface area contributed by atoms with Gasteiger partial charge in [-0.15, -0.1) is 0 Å². The van der Waals surface area contributed by atoms with Crippen molar-refractivity contribution in [2.24, 2.45) is 0 Å². The molecule has 1 heterocycles. The summed E-state index contributed by atoms with van der Waals surface area (Å²) in [6.07, 6.45) is 0. The van der Waals surface area contributed by atoms with Gasteiger partial charge in [0.1, 0.15) is 11.5 Å². The molecule has 8 nitrogen and oxygen atoms in total. The fourth-order valence-corrected chi connectivity index (χ4v) is 2.58. The summed E-state index contributed by atoms with van der Waals surface area (Å²) in [5.74, 6) is -1.02. The number of amides is 1. The van der Waals surface area contributed by atoms with Crippen LogP contribution in [0.15, 0.2) is 59.4 Å². The minimum atomic E-state index is -0.579. The van der Waals surface area contributed by atoms with Gasteiger partial charge in [0.15, 0.2) is 0 Å². The minimum Gasteiger partial charge on any atom is -0.320 e. The van der Waals surface area contributed by atoms with E-state index in [2.05, 4.69) is 10.4 Å². The Morgan fingerprint density at radius 1 is 1.21 bits per heavy atom. The van der Waals surface area contributed by atoms with Crippen molar-refractivity contribution < 1.29 is 14.1 Å². The summed E-state index contributed by atoms with van der Waals surface area (Å²) >= 11 is 0. The van der Waals surface area contributed by atoms with Crippen LogP contribution in [0.1, 0.15) is 21.6 Å². The van der Waals surface area contributed by atoms with Gasteiger partial charge in [-0.25, -0.2) is 9.07 Å². The lowest BCUT2D eigenvalue weighted by atomic mass is 10.1. The summed E-state index contributed by atoms with van der Waals surface area (Å²) in [4.78, 5) is 34.8. The molecule has 0 aliphatic rings. The number of nitro benzene ring substituents is 1. The third-order valence-corrected chi connectivity index (χ3v) is 3.99. The number of halogens is 1. The third kappa shape index (κ3) is 4.26. The summed E-state index contributed by atoms with van der Waals surface area (Å²) in [7, 11) is 0. The lowest BCUT2D eigenvalue weighted by molar-refractivity contribution is -0.384. The molecule has 3 rings (SSSR count). The van der Waals surface area contributed by atoms with Crippen molar-refractivity contribution in [3.8, 4) is 0 Å². The zero-order valence-electron chi connectivity index (χ0n) is 14.8. The fourth-order valence-electron chi connectivity index (χ4n) is 2.58. The second-order valence-electron chi connectivity index (χ2n) is 6.05. The van der Waals surface area contributed by atoms with Gasteiger partial charge in [-0.05, 0) is 42.3 Å². The molecular weight excluding hydrogens is 367 g/mol. The molecule has 0 fully saturated rings. The molecule has 0 aliphatic heterocycles. The van der Waals surface area contributed by atoms with Crippen molar-refractivity contribution >= 4 is 17.3 Å². The molecule has 28 heavy (non-hydrogen) atoms. The summed E-state index contributed by atoms with van der Waals surface area (Å²) in [6.45, 7) is 1.63. The monoisotopic (exact) mass is 382 g/mol. The third-order valence-electron chi connectivity index (χ3n) is 3.99. The molecule has 2 aromatic carbocycles. The molecule has 0 radical (unpaired) electrons. The van der Waals surface area contributed by atoms with Crippen LogP contribution in [0.5, 0.6) is 0 Å². The molecule has 1 amide bonds. The molecular formula is C19H15FN4O4. The second kappa shape index (κ2) is 7.78. The van der Waals surface area contributed by atoms with Crippen LogP contribution < -0.4 is 10.9 Å². The van der Waals surface area contributed by atoms with E-state index in [1.54, 1.807) is 13.0 Å². The van der Waals surface area contributed by atoms with E-state index < -0.39 is 22.2 Å². The van der Waals surface area contributed by atoms with Crippen molar-refractivity contribution in [2.45, 2.75) is 13.5 Å². The quantitative estimate of drug-likeness (QED) is 0.539. The van der Waals surface area contributed by atoms with E-state index >= 15 is 0 Å². The van der Waals surface area contributed by atoms with Crippen LogP contribution >= 0.6 is 0 Å². The molecule has 0 aliphatic carbocycles. The standard InChI is InChI=1S/C19H15FN4O4/c1-12-9-15(24(27)28)5-6-16(12)21-19(26)17-7-8-18(25)23(22-17)11-13-3-2-4-14(20)10-13/h2-10H,11H2,1H3,(H,21,26). The Hall–Kier alpha value is -3.88. The van der Waals surface area contributed by atoms with E-state index in [1.165, 1.54) is 48.5 Å². The number of hydrogen-bond donors (Lipinski definition) is 1. The van der Waals surface area contributed by atoms with Gasteiger partial charge in [-0.1, -0.05) is 12.1 Å². The van der Waals surface area contributed by atoms with E-state index in [4.69, 9.17) is 0 Å². The molecule has 0 atom stereocenters. The van der Waals surface area contributed by atoms with Crippen molar-refractivity contribution in [2.75, 3.05) is 5.32 Å². The van der Waals surface area contributed by atoms with E-state index in [9.17, 15) is 24.1 Å². The highest BCUT2D eigenvalue weighted by Gasteiger charge is 2.14. The number of benzene rings is 2. The Morgan fingerprint density at radius 2 is 2.00 bits per heavy atom. The summed E-state index contributed by atoms with van der Waals surface area (Å²) < 4.78 is 14.4.